The third-order valence-corrected chi connectivity index (χ3v) is 8.40. The average molecular weight is 591 g/mol. The summed E-state index contributed by atoms with van der Waals surface area (Å²) in [5.74, 6) is 1.41. The predicted molar refractivity (Wildman–Crippen MR) is 189 cm³/mol. The molecule has 8 aromatic rings. The van der Waals surface area contributed by atoms with Gasteiger partial charge in [0.25, 0.3) is 0 Å². The summed E-state index contributed by atoms with van der Waals surface area (Å²) in [5.41, 5.74) is 9.80. The Morgan fingerprint density at radius 2 is 0.913 bits per heavy atom. The first kappa shape index (κ1) is 27.5. The summed E-state index contributed by atoms with van der Waals surface area (Å²) in [6.07, 6.45) is 0. The molecule has 0 aliphatic heterocycles. The van der Waals surface area contributed by atoms with E-state index in [1.807, 2.05) is 56.3 Å². The van der Waals surface area contributed by atoms with Gasteiger partial charge in [-0.3, -0.25) is 0 Å². The normalized spacial score (nSPS) is 11.3. The molecule has 0 saturated heterocycles. The number of fused-ring (bicyclic) bond motifs is 3. The number of benzene rings is 6. The summed E-state index contributed by atoms with van der Waals surface area (Å²) >= 11 is 0. The maximum Gasteiger partial charge on any atom is 0.160 e. The highest BCUT2D eigenvalue weighted by Crippen LogP contribution is 2.39. The summed E-state index contributed by atoms with van der Waals surface area (Å²) in [6.45, 7) is 3.95. The molecule has 0 N–H and O–H groups in total. The van der Waals surface area contributed by atoms with E-state index in [1.54, 1.807) is 0 Å². The molecule has 2 aromatic heterocycles. The summed E-state index contributed by atoms with van der Waals surface area (Å²) in [7, 11) is 0. The van der Waals surface area contributed by atoms with Crippen molar-refractivity contribution in [3.05, 3.63) is 157 Å². The van der Waals surface area contributed by atoms with Crippen LogP contribution in [0.2, 0.25) is 0 Å². The summed E-state index contributed by atoms with van der Waals surface area (Å²) in [6, 6.07) is 50.9. The highest BCUT2D eigenvalue weighted by Gasteiger charge is 2.16. The van der Waals surface area contributed by atoms with Gasteiger partial charge in [0.2, 0.25) is 0 Å². The topological polar surface area (TPSA) is 51.6 Å². The third-order valence-electron chi connectivity index (χ3n) is 8.40. The van der Waals surface area contributed by atoms with Gasteiger partial charge in [-0.05, 0) is 82.9 Å². The second-order valence-corrected chi connectivity index (χ2v) is 11.6. The minimum atomic E-state index is 0.663. The van der Waals surface area contributed by atoms with Crippen LogP contribution in [0.5, 0.6) is 0 Å². The van der Waals surface area contributed by atoms with Crippen molar-refractivity contribution in [3.8, 4) is 56.3 Å². The van der Waals surface area contributed by atoms with Crippen molar-refractivity contribution >= 4 is 21.5 Å². The number of hydrogen-bond donors (Lipinski definition) is 0. The number of aryl methyl sites for hydroxylation is 2. The molecule has 8 rings (SSSR count). The molecule has 0 unspecified atom stereocenters. The van der Waals surface area contributed by atoms with Gasteiger partial charge < -0.3 is 0 Å². The van der Waals surface area contributed by atoms with E-state index in [0.717, 1.165) is 62.0 Å². The van der Waals surface area contributed by atoms with Gasteiger partial charge >= 0.3 is 0 Å². The van der Waals surface area contributed by atoms with Crippen molar-refractivity contribution in [2.45, 2.75) is 13.8 Å². The Morgan fingerprint density at radius 3 is 1.59 bits per heavy atom. The van der Waals surface area contributed by atoms with Gasteiger partial charge in [-0.15, -0.1) is 0 Å². The molecule has 0 radical (unpaired) electrons. The lowest BCUT2D eigenvalue weighted by atomic mass is 9.91. The van der Waals surface area contributed by atoms with Crippen LogP contribution in [-0.4, -0.2) is 19.9 Å². The zero-order valence-corrected chi connectivity index (χ0v) is 25.6. The van der Waals surface area contributed by atoms with E-state index < -0.39 is 0 Å². The van der Waals surface area contributed by atoms with E-state index in [4.69, 9.17) is 15.0 Å². The monoisotopic (exact) mass is 590 g/mol. The first-order valence-corrected chi connectivity index (χ1v) is 15.5. The Bertz CT molecular complexity index is 2300. The van der Waals surface area contributed by atoms with Gasteiger partial charge in [0.1, 0.15) is 5.82 Å². The molecule has 2 heterocycles. The highest BCUT2D eigenvalue weighted by molar-refractivity contribution is 6.14. The third kappa shape index (κ3) is 5.20. The van der Waals surface area contributed by atoms with Crippen molar-refractivity contribution in [3.63, 3.8) is 0 Å². The van der Waals surface area contributed by atoms with Gasteiger partial charge in [0.05, 0.1) is 17.1 Å². The van der Waals surface area contributed by atoms with Crippen LogP contribution in [0.15, 0.2) is 146 Å². The Morgan fingerprint density at radius 1 is 0.370 bits per heavy atom. The number of rotatable bonds is 5. The molecule has 0 aliphatic carbocycles. The lowest BCUT2D eigenvalue weighted by molar-refractivity contribution is 1.02. The molecular formula is C42H30N4. The SMILES string of the molecule is Cc1cc(-c2cc(-c3nc(-c4ccccc4)cc(-c4ccccc4)n3)cc(-c3cc4ccccc4c4ccccc34)c2)nc(C)n1. The Labute approximate surface area is 268 Å². The summed E-state index contributed by atoms with van der Waals surface area (Å²) < 4.78 is 0. The molecule has 6 aromatic carbocycles. The first-order chi connectivity index (χ1) is 22.6. The standard InChI is InChI=1S/C42H30N4/c1-27-21-39(44-28(2)43-27)33-22-32(38-25-31-17-9-10-18-35(31)36-19-11-12-20-37(36)38)23-34(24-33)42-45-40(29-13-5-3-6-14-29)26-41(46-42)30-15-7-4-8-16-30/h3-26H,1-2H3. The van der Waals surface area contributed by atoms with Gasteiger partial charge in [0.15, 0.2) is 5.82 Å². The minimum Gasteiger partial charge on any atom is -0.239 e. The molecule has 0 spiro atoms. The molecule has 218 valence electrons. The van der Waals surface area contributed by atoms with E-state index in [2.05, 4.69) is 108 Å². The lowest BCUT2D eigenvalue weighted by Gasteiger charge is -2.15. The van der Waals surface area contributed by atoms with Crippen molar-refractivity contribution in [1.29, 1.82) is 0 Å². The van der Waals surface area contributed by atoms with Gasteiger partial charge in [-0.25, -0.2) is 19.9 Å². The van der Waals surface area contributed by atoms with Crippen LogP contribution in [0.4, 0.5) is 0 Å². The fourth-order valence-electron chi connectivity index (χ4n) is 6.31. The zero-order chi connectivity index (χ0) is 31.0. The maximum absolute atomic E-state index is 5.17. The van der Waals surface area contributed by atoms with Crippen molar-refractivity contribution < 1.29 is 0 Å². The fraction of sp³-hybridized carbons (Fsp3) is 0.0476. The molecule has 0 bridgehead atoms. The summed E-state index contributed by atoms with van der Waals surface area (Å²) in [5, 5.41) is 4.87. The van der Waals surface area contributed by atoms with Crippen LogP contribution < -0.4 is 0 Å². The molecule has 46 heavy (non-hydrogen) atoms. The van der Waals surface area contributed by atoms with Crippen LogP contribution in [0.1, 0.15) is 11.5 Å². The van der Waals surface area contributed by atoms with Crippen LogP contribution in [0.25, 0.3) is 77.8 Å². The number of aromatic nitrogens is 4. The van der Waals surface area contributed by atoms with E-state index >= 15 is 0 Å². The molecule has 0 saturated carbocycles. The minimum absolute atomic E-state index is 0.663. The fourth-order valence-corrected chi connectivity index (χ4v) is 6.31. The molecule has 4 nitrogen and oxygen atoms in total. The van der Waals surface area contributed by atoms with E-state index in [-0.39, 0.29) is 0 Å². The predicted octanol–water partition coefficient (Wildman–Crippen LogP) is 10.5. The van der Waals surface area contributed by atoms with E-state index in [0.29, 0.717) is 5.82 Å². The Kier molecular flexibility index (Phi) is 6.88. The maximum atomic E-state index is 5.17. The second kappa shape index (κ2) is 11.5. The van der Waals surface area contributed by atoms with Crippen molar-refractivity contribution in [2.24, 2.45) is 0 Å². The quantitative estimate of drug-likeness (QED) is 0.187. The van der Waals surface area contributed by atoms with Crippen LogP contribution in [0.3, 0.4) is 0 Å². The number of hydrogen-bond acceptors (Lipinski definition) is 4. The van der Waals surface area contributed by atoms with Gasteiger partial charge in [-0.1, -0.05) is 109 Å². The van der Waals surface area contributed by atoms with Gasteiger partial charge in [-0.2, -0.15) is 0 Å². The molecule has 4 heteroatoms. The number of nitrogens with zero attached hydrogens (tertiary/aromatic N) is 4. The second-order valence-electron chi connectivity index (χ2n) is 11.6. The van der Waals surface area contributed by atoms with Crippen LogP contribution in [-0.2, 0) is 0 Å². The molecular weight excluding hydrogens is 560 g/mol. The van der Waals surface area contributed by atoms with E-state index in [9.17, 15) is 0 Å². The first-order valence-electron chi connectivity index (χ1n) is 15.5. The molecule has 0 fully saturated rings. The Hall–Kier alpha value is -6.00. The average Bonchev–Trinajstić information content (AvgIpc) is 3.11. The highest BCUT2D eigenvalue weighted by atomic mass is 14.9. The van der Waals surface area contributed by atoms with E-state index in [1.165, 1.54) is 21.5 Å². The molecule has 0 amide bonds. The van der Waals surface area contributed by atoms with Crippen LogP contribution >= 0.6 is 0 Å². The van der Waals surface area contributed by atoms with Crippen molar-refractivity contribution in [2.75, 3.05) is 0 Å². The largest absolute Gasteiger partial charge is 0.239 e. The summed E-state index contributed by atoms with van der Waals surface area (Å²) in [4.78, 5) is 19.8. The van der Waals surface area contributed by atoms with Crippen molar-refractivity contribution in [1.82, 2.24) is 19.9 Å². The van der Waals surface area contributed by atoms with Crippen LogP contribution in [0, 0.1) is 13.8 Å². The smallest absolute Gasteiger partial charge is 0.160 e. The Balaban J connectivity index is 1.42. The zero-order valence-electron chi connectivity index (χ0n) is 25.6. The molecule has 0 aliphatic rings. The van der Waals surface area contributed by atoms with Gasteiger partial charge in [0, 0.05) is 27.9 Å². The lowest BCUT2D eigenvalue weighted by Crippen LogP contribution is -1.98. The molecule has 0 atom stereocenters.